The molecular formula is C25H53NO5S. The van der Waals surface area contributed by atoms with E-state index in [1.54, 1.807) is 0 Å². The van der Waals surface area contributed by atoms with Crippen LogP contribution < -0.4 is 5.73 Å². The molecule has 0 saturated carbocycles. The second kappa shape index (κ2) is 26.6. The minimum Gasteiger partial charge on any atom is -0.481 e. The number of carbonyl (C=O) groups is 1. The van der Waals surface area contributed by atoms with Gasteiger partial charge in [0.05, 0.1) is 5.75 Å². The van der Waals surface area contributed by atoms with Gasteiger partial charge in [0.25, 0.3) is 10.1 Å². The first-order chi connectivity index (χ1) is 15.3. The van der Waals surface area contributed by atoms with Crippen LogP contribution in [-0.2, 0) is 14.9 Å². The Bertz CT molecular complexity index is 483. The van der Waals surface area contributed by atoms with E-state index in [1.807, 2.05) is 0 Å². The summed E-state index contributed by atoms with van der Waals surface area (Å²) in [5.74, 6) is -1.00. The summed E-state index contributed by atoms with van der Waals surface area (Å²) in [6.45, 7) is 2.26. The molecule has 0 aliphatic rings. The summed E-state index contributed by atoms with van der Waals surface area (Å²) in [5.41, 5.74) is 4.78. The number of rotatable bonds is 23. The zero-order valence-corrected chi connectivity index (χ0v) is 21.7. The molecule has 0 heterocycles. The standard InChI is InChI=1S/C23H46O2.C2H7NO3S/c1-2-3-4-5-6-7-8-9-10-11-12-13-14-15-16-17-18-19-20-21-22-23(24)25;3-1-2-7(4,5)6/h2-22H2,1H3,(H,24,25);1-3H2,(H,4,5,6). The SMILES string of the molecule is CCCCCCCCCCCCCCCCCCCCCCC(=O)O.NCCS(=O)(=O)O. The molecule has 0 aromatic rings. The fourth-order valence-electron chi connectivity index (χ4n) is 3.68. The van der Waals surface area contributed by atoms with Crippen molar-refractivity contribution in [3.8, 4) is 0 Å². The van der Waals surface area contributed by atoms with E-state index in [-0.39, 0.29) is 12.3 Å². The maximum atomic E-state index is 10.4. The van der Waals surface area contributed by atoms with E-state index in [2.05, 4.69) is 6.92 Å². The predicted molar refractivity (Wildman–Crippen MR) is 136 cm³/mol. The van der Waals surface area contributed by atoms with Crippen molar-refractivity contribution in [2.24, 2.45) is 5.73 Å². The average Bonchev–Trinajstić information content (AvgIpc) is 2.71. The molecule has 0 aromatic carbocycles. The molecule has 7 heteroatoms. The molecule has 4 N–H and O–H groups in total. The lowest BCUT2D eigenvalue weighted by Gasteiger charge is -2.04. The van der Waals surface area contributed by atoms with Crippen LogP contribution >= 0.6 is 0 Å². The molecule has 0 atom stereocenters. The number of carboxylic acids is 1. The van der Waals surface area contributed by atoms with Gasteiger partial charge in [-0.05, 0) is 6.42 Å². The summed E-state index contributed by atoms with van der Waals surface area (Å²) in [7, 11) is -3.80. The largest absolute Gasteiger partial charge is 0.481 e. The monoisotopic (exact) mass is 479 g/mol. The van der Waals surface area contributed by atoms with Crippen molar-refractivity contribution in [3.05, 3.63) is 0 Å². The van der Waals surface area contributed by atoms with Crippen LogP contribution in [0.25, 0.3) is 0 Å². The lowest BCUT2D eigenvalue weighted by atomic mass is 10.0. The Kier molecular flexibility index (Phi) is 27.8. The number of unbranched alkanes of at least 4 members (excludes halogenated alkanes) is 19. The summed E-state index contributed by atoms with van der Waals surface area (Å²) < 4.78 is 27.3. The van der Waals surface area contributed by atoms with Crippen molar-refractivity contribution in [3.63, 3.8) is 0 Å². The third kappa shape index (κ3) is 36.7. The molecule has 0 amide bonds. The molecular weight excluding hydrogens is 426 g/mol. The highest BCUT2D eigenvalue weighted by Crippen LogP contribution is 2.14. The summed E-state index contributed by atoms with van der Waals surface area (Å²) in [6, 6.07) is 0. The van der Waals surface area contributed by atoms with E-state index in [1.165, 1.54) is 116 Å². The molecule has 0 rings (SSSR count). The molecule has 194 valence electrons. The van der Waals surface area contributed by atoms with E-state index in [0.29, 0.717) is 6.42 Å². The molecule has 0 saturated heterocycles. The van der Waals surface area contributed by atoms with Crippen LogP contribution in [0.1, 0.15) is 142 Å². The Labute approximate surface area is 198 Å². The van der Waals surface area contributed by atoms with Crippen molar-refractivity contribution < 1.29 is 22.9 Å². The fourth-order valence-corrected chi connectivity index (χ4v) is 3.98. The van der Waals surface area contributed by atoms with E-state index in [0.717, 1.165) is 12.8 Å². The predicted octanol–water partition coefficient (Wildman–Crippen LogP) is 7.12. The van der Waals surface area contributed by atoms with Gasteiger partial charge in [-0.1, -0.05) is 129 Å². The van der Waals surface area contributed by atoms with Crippen LogP contribution in [0.2, 0.25) is 0 Å². The number of nitrogens with two attached hydrogens (primary N) is 1. The molecule has 0 fully saturated rings. The van der Waals surface area contributed by atoms with Gasteiger partial charge in [0, 0.05) is 13.0 Å². The van der Waals surface area contributed by atoms with Gasteiger partial charge in [-0.3, -0.25) is 9.35 Å². The van der Waals surface area contributed by atoms with Gasteiger partial charge in [-0.25, -0.2) is 0 Å². The maximum absolute atomic E-state index is 10.4. The van der Waals surface area contributed by atoms with Crippen LogP contribution in [0.15, 0.2) is 0 Å². The molecule has 6 nitrogen and oxygen atoms in total. The first-order valence-corrected chi connectivity index (χ1v) is 14.8. The minimum absolute atomic E-state index is 0.0289. The van der Waals surface area contributed by atoms with Crippen LogP contribution in [-0.4, -0.2) is 36.3 Å². The molecule has 0 aliphatic heterocycles. The smallest absolute Gasteiger partial charge is 0.303 e. The summed E-state index contributed by atoms with van der Waals surface area (Å²) in [5, 5.41) is 8.56. The molecule has 0 radical (unpaired) electrons. The van der Waals surface area contributed by atoms with E-state index in [9.17, 15) is 13.2 Å². The first kappa shape index (κ1) is 33.5. The maximum Gasteiger partial charge on any atom is 0.303 e. The summed E-state index contributed by atoms with van der Waals surface area (Å²) in [4.78, 5) is 10.4. The summed E-state index contributed by atoms with van der Waals surface area (Å²) in [6.07, 6.45) is 27.6. The van der Waals surface area contributed by atoms with Crippen molar-refractivity contribution in [1.82, 2.24) is 0 Å². The van der Waals surface area contributed by atoms with Crippen LogP contribution in [0.5, 0.6) is 0 Å². The van der Waals surface area contributed by atoms with Gasteiger partial charge >= 0.3 is 5.97 Å². The third-order valence-electron chi connectivity index (χ3n) is 5.62. The quantitative estimate of drug-likeness (QED) is 0.106. The highest BCUT2D eigenvalue weighted by Gasteiger charge is 1.99. The zero-order chi connectivity index (χ0) is 24.3. The van der Waals surface area contributed by atoms with Crippen molar-refractivity contribution in [2.45, 2.75) is 142 Å². The zero-order valence-electron chi connectivity index (χ0n) is 20.9. The third-order valence-corrected chi connectivity index (χ3v) is 6.37. The Hall–Kier alpha value is -0.660. The fraction of sp³-hybridized carbons (Fsp3) is 0.960. The minimum atomic E-state index is -3.80. The van der Waals surface area contributed by atoms with Gasteiger partial charge in [-0.2, -0.15) is 8.42 Å². The van der Waals surface area contributed by atoms with Crippen LogP contribution in [0.4, 0.5) is 0 Å². The molecule has 0 spiro atoms. The molecule has 0 bridgehead atoms. The second-order valence-corrected chi connectivity index (χ2v) is 10.5. The lowest BCUT2D eigenvalue weighted by molar-refractivity contribution is -0.137. The Morgan fingerprint density at radius 3 is 1.09 bits per heavy atom. The van der Waals surface area contributed by atoms with Crippen molar-refractivity contribution >= 4 is 16.1 Å². The Morgan fingerprint density at radius 2 is 0.906 bits per heavy atom. The van der Waals surface area contributed by atoms with E-state index < -0.39 is 16.1 Å². The van der Waals surface area contributed by atoms with Gasteiger partial charge in [0.2, 0.25) is 0 Å². The van der Waals surface area contributed by atoms with Crippen molar-refractivity contribution in [1.29, 1.82) is 0 Å². The van der Waals surface area contributed by atoms with Gasteiger partial charge in [0.15, 0.2) is 0 Å². The van der Waals surface area contributed by atoms with E-state index >= 15 is 0 Å². The Balaban J connectivity index is 0. The van der Waals surface area contributed by atoms with Gasteiger partial charge < -0.3 is 10.8 Å². The highest BCUT2D eigenvalue weighted by molar-refractivity contribution is 7.85. The summed E-state index contributed by atoms with van der Waals surface area (Å²) >= 11 is 0. The normalized spacial score (nSPS) is 11.2. The number of carboxylic acid groups (broad SMARTS) is 1. The Morgan fingerprint density at radius 1 is 0.625 bits per heavy atom. The van der Waals surface area contributed by atoms with Gasteiger partial charge in [0.1, 0.15) is 0 Å². The number of aliphatic carboxylic acids is 1. The first-order valence-electron chi connectivity index (χ1n) is 13.2. The molecule has 32 heavy (non-hydrogen) atoms. The van der Waals surface area contributed by atoms with Crippen LogP contribution in [0, 0.1) is 0 Å². The highest BCUT2D eigenvalue weighted by atomic mass is 32.2. The lowest BCUT2D eigenvalue weighted by Crippen LogP contribution is -2.13. The number of hydrogen-bond donors (Lipinski definition) is 3. The number of hydrogen-bond acceptors (Lipinski definition) is 4. The molecule has 0 aliphatic carbocycles. The molecule has 0 aromatic heterocycles. The van der Waals surface area contributed by atoms with E-state index in [4.69, 9.17) is 15.4 Å². The average molecular weight is 480 g/mol. The topological polar surface area (TPSA) is 118 Å². The molecule has 0 unspecified atom stereocenters. The van der Waals surface area contributed by atoms with Gasteiger partial charge in [-0.15, -0.1) is 0 Å². The second-order valence-electron chi connectivity index (χ2n) is 8.94. The van der Waals surface area contributed by atoms with Crippen molar-refractivity contribution in [2.75, 3.05) is 12.3 Å². The van der Waals surface area contributed by atoms with Crippen LogP contribution in [0.3, 0.4) is 0 Å².